The van der Waals surface area contributed by atoms with E-state index in [0.717, 1.165) is 43.9 Å². The van der Waals surface area contributed by atoms with Crippen molar-refractivity contribution in [1.29, 1.82) is 0 Å². The highest BCUT2D eigenvalue weighted by Gasteiger charge is 2.83. The molecule has 8 aliphatic rings. The van der Waals surface area contributed by atoms with E-state index in [-0.39, 0.29) is 36.1 Å². The number of hydrogen-bond acceptors (Lipinski definition) is 8. The molecular formula is C40H68N2O5S. The third-order valence-electron chi connectivity index (χ3n) is 16.8. The SMILES string of the molecule is CCOC(C1CCC2C(CC3(C)C4CCC5C(C)(C)C(OC6CN(CC7CN(SC)C7)CCO6)CCC56CC46CCC23C)O1)C(C)(C)O. The van der Waals surface area contributed by atoms with E-state index in [2.05, 4.69) is 43.2 Å². The Bertz CT molecular complexity index is 1210. The van der Waals surface area contributed by atoms with Gasteiger partial charge in [-0.1, -0.05) is 39.6 Å². The van der Waals surface area contributed by atoms with Crippen molar-refractivity contribution >= 4 is 11.9 Å². The Labute approximate surface area is 296 Å². The predicted octanol–water partition coefficient (Wildman–Crippen LogP) is 7.01. The normalized spacial score (nSPS) is 49.6. The summed E-state index contributed by atoms with van der Waals surface area (Å²) in [5, 5.41) is 11.0. The van der Waals surface area contributed by atoms with Gasteiger partial charge in [0.25, 0.3) is 0 Å². The van der Waals surface area contributed by atoms with Gasteiger partial charge < -0.3 is 24.1 Å². The topological polar surface area (TPSA) is 63.6 Å². The first-order valence-electron chi connectivity index (χ1n) is 20.0. The molecule has 3 saturated heterocycles. The molecule has 274 valence electrons. The highest BCUT2D eigenvalue weighted by molar-refractivity contribution is 7.96. The van der Waals surface area contributed by atoms with E-state index in [1.165, 1.54) is 77.4 Å². The zero-order valence-electron chi connectivity index (χ0n) is 31.6. The summed E-state index contributed by atoms with van der Waals surface area (Å²) >= 11 is 1.88. The Kier molecular flexibility index (Phi) is 8.81. The number of nitrogens with zero attached hydrogens (tertiary/aromatic N) is 2. The third-order valence-corrected chi connectivity index (χ3v) is 17.7. The maximum absolute atomic E-state index is 11.0. The second kappa shape index (κ2) is 12.0. The zero-order valence-corrected chi connectivity index (χ0v) is 32.4. The van der Waals surface area contributed by atoms with Gasteiger partial charge >= 0.3 is 0 Å². The van der Waals surface area contributed by atoms with E-state index in [9.17, 15) is 5.11 Å². The summed E-state index contributed by atoms with van der Waals surface area (Å²) in [5.41, 5.74) is 0.903. The number of aliphatic hydroxyl groups is 1. The van der Waals surface area contributed by atoms with Gasteiger partial charge in [-0.25, -0.2) is 0 Å². The fourth-order valence-electron chi connectivity index (χ4n) is 14.4. The minimum absolute atomic E-state index is 0.0180. The van der Waals surface area contributed by atoms with Gasteiger partial charge in [0.1, 0.15) is 6.10 Å². The van der Waals surface area contributed by atoms with E-state index < -0.39 is 5.60 Å². The van der Waals surface area contributed by atoms with Gasteiger partial charge in [-0.3, -0.25) is 9.21 Å². The molecule has 3 heterocycles. The van der Waals surface area contributed by atoms with Gasteiger partial charge in [-0.15, -0.1) is 0 Å². The fourth-order valence-corrected chi connectivity index (χ4v) is 15.2. The molecule has 8 fully saturated rings. The standard InChI is InChI=1S/C40H68N2O5S/c1-9-44-34(36(4,5)43)28-11-10-27-29(46-28)20-38(7)31-13-12-30-35(2,3)32(14-15-39(30)25-40(31,39)17-16-37(27,38)6)47-33-24-41(18-19-45-33)21-26-22-42(23-26)48-8/h26-34,43H,9-25H2,1-8H3. The van der Waals surface area contributed by atoms with E-state index in [0.29, 0.717) is 34.2 Å². The number of rotatable bonds is 9. The van der Waals surface area contributed by atoms with Gasteiger partial charge in [-0.2, -0.15) is 0 Å². The lowest BCUT2D eigenvalue weighted by molar-refractivity contribution is -0.248. The van der Waals surface area contributed by atoms with Crippen molar-refractivity contribution < 1.29 is 24.1 Å². The molecule has 48 heavy (non-hydrogen) atoms. The Morgan fingerprint density at radius 3 is 2.42 bits per heavy atom. The highest BCUT2D eigenvalue weighted by Crippen LogP contribution is 2.89. The molecule has 12 atom stereocenters. The maximum atomic E-state index is 11.0. The largest absolute Gasteiger partial charge is 0.388 e. The zero-order chi connectivity index (χ0) is 33.9. The average Bonchev–Trinajstić information content (AvgIpc) is 3.62. The first kappa shape index (κ1) is 35.1. The lowest BCUT2D eigenvalue weighted by atomic mass is 9.42. The molecule has 0 aromatic heterocycles. The van der Waals surface area contributed by atoms with Crippen LogP contribution in [0.25, 0.3) is 0 Å². The van der Waals surface area contributed by atoms with Crippen molar-refractivity contribution in [2.24, 2.45) is 50.7 Å². The second-order valence-corrected chi connectivity index (χ2v) is 20.5. The van der Waals surface area contributed by atoms with Gasteiger partial charge in [0.2, 0.25) is 0 Å². The molecule has 7 nitrogen and oxygen atoms in total. The molecule has 12 unspecified atom stereocenters. The number of hydrogen-bond donors (Lipinski definition) is 1. The van der Waals surface area contributed by atoms with Crippen LogP contribution in [0, 0.1) is 50.7 Å². The number of fused-ring (bicyclic) bond motifs is 4. The molecule has 8 rings (SSSR count). The molecule has 0 amide bonds. The first-order chi connectivity index (χ1) is 22.7. The van der Waals surface area contributed by atoms with Crippen LogP contribution in [0.3, 0.4) is 0 Å². The summed E-state index contributed by atoms with van der Waals surface area (Å²) in [4.78, 5) is 2.61. The van der Waals surface area contributed by atoms with Crippen LogP contribution in [0.1, 0.15) is 113 Å². The van der Waals surface area contributed by atoms with E-state index in [1.807, 2.05) is 32.7 Å². The van der Waals surface area contributed by atoms with Gasteiger partial charge in [-0.05, 0) is 142 Å². The molecular weight excluding hydrogens is 621 g/mol. The van der Waals surface area contributed by atoms with Crippen molar-refractivity contribution in [2.75, 3.05) is 52.2 Å². The Morgan fingerprint density at radius 2 is 1.69 bits per heavy atom. The van der Waals surface area contributed by atoms with Crippen molar-refractivity contribution in [3.63, 3.8) is 0 Å². The maximum Gasteiger partial charge on any atom is 0.170 e. The minimum atomic E-state index is -0.903. The summed E-state index contributed by atoms with van der Waals surface area (Å²) in [6.45, 7) is 23.3. The lowest BCUT2D eigenvalue weighted by Crippen LogP contribution is -2.58. The summed E-state index contributed by atoms with van der Waals surface area (Å²) in [6.07, 6.45) is 15.2. The summed E-state index contributed by atoms with van der Waals surface area (Å²) in [7, 11) is 0. The van der Waals surface area contributed by atoms with Crippen LogP contribution in [0.5, 0.6) is 0 Å². The Hall–Kier alpha value is 0.0700. The second-order valence-electron chi connectivity index (χ2n) is 19.6. The average molecular weight is 689 g/mol. The van der Waals surface area contributed by atoms with Crippen LogP contribution in [-0.2, 0) is 18.9 Å². The summed E-state index contributed by atoms with van der Waals surface area (Å²) in [6, 6.07) is 0. The molecule has 5 aliphatic carbocycles. The smallest absolute Gasteiger partial charge is 0.170 e. The van der Waals surface area contributed by atoms with E-state index in [1.54, 1.807) is 0 Å². The first-order valence-corrected chi connectivity index (χ1v) is 21.2. The Balaban J connectivity index is 0.950. The molecule has 1 N–H and O–H groups in total. The monoisotopic (exact) mass is 688 g/mol. The van der Waals surface area contributed by atoms with Crippen LogP contribution in [0.15, 0.2) is 0 Å². The molecule has 3 aliphatic heterocycles. The van der Waals surface area contributed by atoms with Crippen LogP contribution in [0.2, 0.25) is 0 Å². The van der Waals surface area contributed by atoms with E-state index in [4.69, 9.17) is 18.9 Å². The third kappa shape index (κ3) is 5.13. The van der Waals surface area contributed by atoms with Crippen LogP contribution < -0.4 is 0 Å². The van der Waals surface area contributed by atoms with Crippen molar-refractivity contribution in [3.05, 3.63) is 0 Å². The van der Waals surface area contributed by atoms with Crippen LogP contribution in [0.4, 0.5) is 0 Å². The van der Waals surface area contributed by atoms with Gasteiger partial charge in [0, 0.05) is 39.3 Å². The molecule has 0 bridgehead atoms. The molecule has 0 radical (unpaired) electrons. The van der Waals surface area contributed by atoms with Crippen molar-refractivity contribution in [2.45, 2.75) is 149 Å². The van der Waals surface area contributed by atoms with Crippen molar-refractivity contribution in [1.82, 2.24) is 9.21 Å². The molecule has 0 aromatic rings. The number of morpholine rings is 1. The van der Waals surface area contributed by atoms with Gasteiger partial charge in [0.05, 0.1) is 30.5 Å². The fraction of sp³-hybridized carbons (Fsp3) is 1.00. The predicted molar refractivity (Wildman–Crippen MR) is 192 cm³/mol. The molecule has 8 heteroatoms. The minimum Gasteiger partial charge on any atom is -0.388 e. The van der Waals surface area contributed by atoms with Crippen LogP contribution >= 0.6 is 11.9 Å². The van der Waals surface area contributed by atoms with Gasteiger partial charge in [0.15, 0.2) is 6.29 Å². The summed E-state index contributed by atoms with van der Waals surface area (Å²) in [5.74, 6) is 2.95. The molecule has 5 saturated carbocycles. The van der Waals surface area contributed by atoms with Crippen molar-refractivity contribution in [3.8, 4) is 0 Å². The van der Waals surface area contributed by atoms with E-state index >= 15 is 0 Å². The number of ether oxygens (including phenoxy) is 4. The highest BCUT2D eigenvalue weighted by atomic mass is 32.2. The lowest BCUT2D eigenvalue weighted by Gasteiger charge is -2.63. The molecule has 2 spiro atoms. The van der Waals surface area contributed by atoms with Crippen LogP contribution in [-0.4, -0.2) is 103 Å². The Morgan fingerprint density at radius 1 is 0.938 bits per heavy atom. The summed E-state index contributed by atoms with van der Waals surface area (Å²) < 4.78 is 29.0. The quantitative estimate of drug-likeness (QED) is 0.260. The molecule has 0 aromatic carbocycles.